The topological polar surface area (TPSA) is 55.4 Å². The molecule has 1 rings (SSSR count). The summed E-state index contributed by atoms with van der Waals surface area (Å²) in [5, 5.41) is 0. The fraction of sp³-hybridized carbons (Fsp3) is 0.500. The Kier molecular flexibility index (Phi) is 4.96. The van der Waals surface area contributed by atoms with Gasteiger partial charge in [0.25, 0.3) is 0 Å². The third-order valence-electron chi connectivity index (χ3n) is 2.53. The molecule has 0 aliphatic carbocycles. The lowest BCUT2D eigenvalue weighted by Crippen LogP contribution is -2.20. The second-order valence-electron chi connectivity index (χ2n) is 3.92. The van der Waals surface area contributed by atoms with Crippen molar-refractivity contribution >= 4 is 15.7 Å². The van der Waals surface area contributed by atoms with Gasteiger partial charge in [0.2, 0.25) is 10.0 Å². The van der Waals surface area contributed by atoms with Crippen LogP contribution >= 0.6 is 0 Å². The first kappa shape index (κ1) is 14.0. The van der Waals surface area contributed by atoms with E-state index >= 15 is 0 Å². The minimum Gasteiger partial charge on any atom is -0.384 e. The summed E-state index contributed by atoms with van der Waals surface area (Å²) in [5.74, 6) is -0.0285. The number of rotatable bonds is 6. The first-order valence-electron chi connectivity index (χ1n) is 5.57. The molecule has 0 amide bonds. The van der Waals surface area contributed by atoms with Crippen LogP contribution < -0.4 is 4.72 Å². The molecule has 0 saturated heterocycles. The van der Waals surface area contributed by atoms with Crippen LogP contribution in [0.15, 0.2) is 18.2 Å². The highest BCUT2D eigenvalue weighted by molar-refractivity contribution is 7.92. The van der Waals surface area contributed by atoms with Crippen molar-refractivity contribution in [3.63, 3.8) is 0 Å². The standard InChI is InChI=1S/C12H19NO3S/c1-4-11-6-5-10(2)12(9-11)13-17(14,15)8-7-16-3/h5-6,9,13H,4,7-8H2,1-3H3. The Labute approximate surface area is 103 Å². The van der Waals surface area contributed by atoms with E-state index in [1.54, 1.807) is 0 Å². The van der Waals surface area contributed by atoms with Gasteiger partial charge in [-0.3, -0.25) is 4.72 Å². The monoisotopic (exact) mass is 257 g/mol. The molecule has 4 nitrogen and oxygen atoms in total. The smallest absolute Gasteiger partial charge is 0.235 e. The number of hydrogen-bond acceptors (Lipinski definition) is 3. The van der Waals surface area contributed by atoms with E-state index in [1.807, 2.05) is 32.0 Å². The Morgan fingerprint density at radius 3 is 2.65 bits per heavy atom. The van der Waals surface area contributed by atoms with Gasteiger partial charge in [0.05, 0.1) is 18.0 Å². The molecule has 0 aliphatic rings. The van der Waals surface area contributed by atoms with Crippen LogP contribution in [0.4, 0.5) is 5.69 Å². The molecule has 0 fully saturated rings. The van der Waals surface area contributed by atoms with Crippen LogP contribution in [0.25, 0.3) is 0 Å². The Hall–Kier alpha value is -1.07. The number of nitrogens with one attached hydrogen (secondary N) is 1. The molecular formula is C12H19NO3S. The number of ether oxygens (including phenoxy) is 1. The Morgan fingerprint density at radius 2 is 2.06 bits per heavy atom. The number of methoxy groups -OCH3 is 1. The molecule has 5 heteroatoms. The highest BCUT2D eigenvalue weighted by Crippen LogP contribution is 2.18. The van der Waals surface area contributed by atoms with Gasteiger partial charge in [0, 0.05) is 7.11 Å². The van der Waals surface area contributed by atoms with E-state index in [-0.39, 0.29) is 12.4 Å². The Balaban J connectivity index is 2.87. The largest absolute Gasteiger partial charge is 0.384 e. The summed E-state index contributed by atoms with van der Waals surface area (Å²) in [6.07, 6.45) is 0.882. The van der Waals surface area contributed by atoms with Gasteiger partial charge in [0.15, 0.2) is 0 Å². The molecule has 17 heavy (non-hydrogen) atoms. The first-order chi connectivity index (χ1) is 7.98. The number of hydrogen-bond donors (Lipinski definition) is 1. The zero-order valence-corrected chi connectivity index (χ0v) is 11.3. The van der Waals surface area contributed by atoms with Crippen LogP contribution in [0.3, 0.4) is 0 Å². The van der Waals surface area contributed by atoms with E-state index in [0.717, 1.165) is 17.5 Å². The fourth-order valence-corrected chi connectivity index (χ4v) is 2.45. The van der Waals surface area contributed by atoms with E-state index in [4.69, 9.17) is 4.74 Å². The van der Waals surface area contributed by atoms with Crippen LogP contribution in [0.5, 0.6) is 0 Å². The van der Waals surface area contributed by atoms with E-state index in [2.05, 4.69) is 4.72 Å². The number of anilines is 1. The van der Waals surface area contributed by atoms with Crippen LogP contribution in [-0.4, -0.2) is 27.9 Å². The van der Waals surface area contributed by atoms with Crippen molar-refractivity contribution in [3.8, 4) is 0 Å². The van der Waals surface area contributed by atoms with Crippen molar-refractivity contribution in [2.75, 3.05) is 24.2 Å². The van der Waals surface area contributed by atoms with Crippen LogP contribution in [0, 0.1) is 6.92 Å². The second-order valence-corrected chi connectivity index (χ2v) is 5.76. The zero-order chi connectivity index (χ0) is 12.9. The molecule has 0 bridgehead atoms. The van der Waals surface area contributed by atoms with E-state index < -0.39 is 10.0 Å². The first-order valence-corrected chi connectivity index (χ1v) is 7.22. The van der Waals surface area contributed by atoms with Crippen molar-refractivity contribution in [2.45, 2.75) is 20.3 Å². The summed E-state index contributed by atoms with van der Waals surface area (Å²) in [4.78, 5) is 0. The third kappa shape index (κ3) is 4.36. The minimum absolute atomic E-state index is 0.0285. The SMILES string of the molecule is CCc1ccc(C)c(NS(=O)(=O)CCOC)c1. The van der Waals surface area contributed by atoms with E-state index in [1.165, 1.54) is 7.11 Å². The zero-order valence-electron chi connectivity index (χ0n) is 10.5. The maximum Gasteiger partial charge on any atom is 0.235 e. The highest BCUT2D eigenvalue weighted by atomic mass is 32.2. The summed E-state index contributed by atoms with van der Waals surface area (Å²) in [7, 11) is -1.83. The molecule has 0 saturated carbocycles. The van der Waals surface area contributed by atoms with E-state index in [0.29, 0.717) is 5.69 Å². The molecule has 96 valence electrons. The predicted octanol–water partition coefficient (Wildman–Crippen LogP) is 1.95. The van der Waals surface area contributed by atoms with Gasteiger partial charge in [-0.15, -0.1) is 0 Å². The lowest BCUT2D eigenvalue weighted by molar-refractivity contribution is 0.217. The predicted molar refractivity (Wildman–Crippen MR) is 69.8 cm³/mol. The van der Waals surface area contributed by atoms with Gasteiger partial charge in [-0.25, -0.2) is 8.42 Å². The maximum absolute atomic E-state index is 11.7. The highest BCUT2D eigenvalue weighted by Gasteiger charge is 2.11. The lowest BCUT2D eigenvalue weighted by atomic mass is 10.1. The van der Waals surface area contributed by atoms with Crippen molar-refractivity contribution < 1.29 is 13.2 Å². The lowest BCUT2D eigenvalue weighted by Gasteiger charge is -2.11. The van der Waals surface area contributed by atoms with E-state index in [9.17, 15) is 8.42 Å². The van der Waals surface area contributed by atoms with Crippen molar-refractivity contribution in [1.82, 2.24) is 0 Å². The van der Waals surface area contributed by atoms with Crippen molar-refractivity contribution in [1.29, 1.82) is 0 Å². The molecule has 0 radical (unpaired) electrons. The summed E-state index contributed by atoms with van der Waals surface area (Å²) in [6, 6.07) is 5.80. The van der Waals surface area contributed by atoms with Gasteiger partial charge in [-0.05, 0) is 30.5 Å². The van der Waals surface area contributed by atoms with Crippen molar-refractivity contribution in [3.05, 3.63) is 29.3 Å². The van der Waals surface area contributed by atoms with Gasteiger partial charge < -0.3 is 4.74 Å². The average Bonchev–Trinajstić information content (AvgIpc) is 2.29. The normalized spacial score (nSPS) is 11.5. The summed E-state index contributed by atoms with van der Waals surface area (Å²) in [6.45, 7) is 4.11. The summed E-state index contributed by atoms with van der Waals surface area (Å²) >= 11 is 0. The number of benzene rings is 1. The van der Waals surface area contributed by atoms with Crippen LogP contribution in [-0.2, 0) is 21.2 Å². The van der Waals surface area contributed by atoms with Gasteiger partial charge in [-0.1, -0.05) is 19.1 Å². The van der Waals surface area contributed by atoms with Gasteiger partial charge in [-0.2, -0.15) is 0 Å². The molecule has 0 unspecified atom stereocenters. The molecular weight excluding hydrogens is 238 g/mol. The van der Waals surface area contributed by atoms with Crippen LogP contribution in [0.2, 0.25) is 0 Å². The molecule has 0 aliphatic heterocycles. The summed E-state index contributed by atoms with van der Waals surface area (Å²) in [5.41, 5.74) is 2.68. The molecule has 1 aromatic rings. The third-order valence-corrected chi connectivity index (χ3v) is 3.77. The molecule has 0 spiro atoms. The average molecular weight is 257 g/mol. The molecule has 0 aromatic heterocycles. The quantitative estimate of drug-likeness (QED) is 0.847. The van der Waals surface area contributed by atoms with Gasteiger partial charge in [0.1, 0.15) is 0 Å². The minimum atomic E-state index is -3.32. The second kappa shape index (κ2) is 6.02. The number of aryl methyl sites for hydroxylation is 2. The molecule has 1 aromatic carbocycles. The number of sulfonamides is 1. The molecule has 0 heterocycles. The summed E-state index contributed by atoms with van der Waals surface area (Å²) < 4.78 is 30.8. The maximum atomic E-state index is 11.7. The van der Waals surface area contributed by atoms with Gasteiger partial charge >= 0.3 is 0 Å². The fourth-order valence-electron chi connectivity index (χ4n) is 1.41. The van der Waals surface area contributed by atoms with Crippen molar-refractivity contribution in [2.24, 2.45) is 0 Å². The molecule has 0 atom stereocenters. The Bertz CT molecular complexity index is 469. The Morgan fingerprint density at radius 1 is 1.35 bits per heavy atom. The van der Waals surface area contributed by atoms with Crippen LogP contribution in [0.1, 0.15) is 18.1 Å². The molecule has 1 N–H and O–H groups in total.